The molecular weight excluding hydrogens is 284 g/mol. The lowest BCUT2D eigenvalue weighted by Crippen LogP contribution is -2.37. The number of aromatic nitrogens is 4. The van der Waals surface area contributed by atoms with Crippen LogP contribution in [0.1, 0.15) is 17.1 Å². The van der Waals surface area contributed by atoms with E-state index in [1.54, 1.807) is 0 Å². The van der Waals surface area contributed by atoms with Gasteiger partial charge >= 0.3 is 0 Å². The number of hydrogen-bond acceptors (Lipinski definition) is 1. The molecule has 4 aromatic rings. The van der Waals surface area contributed by atoms with Crippen LogP contribution in [0.15, 0.2) is 30.5 Å². The van der Waals surface area contributed by atoms with Crippen molar-refractivity contribution in [1.29, 1.82) is 0 Å². The summed E-state index contributed by atoms with van der Waals surface area (Å²) < 4.78 is 7.02. The van der Waals surface area contributed by atoms with Gasteiger partial charge in [0.1, 0.15) is 11.3 Å². The zero-order valence-electron chi connectivity index (χ0n) is 13.9. The lowest BCUT2D eigenvalue weighted by Gasteiger charge is -2.08. The summed E-state index contributed by atoms with van der Waals surface area (Å²) in [6, 6.07) is 8.83. The number of rotatable bonds is 0. The van der Waals surface area contributed by atoms with Crippen LogP contribution in [0.25, 0.3) is 33.2 Å². The summed E-state index contributed by atoms with van der Waals surface area (Å²) in [5, 5.41) is 1.34. The lowest BCUT2D eigenvalue weighted by atomic mass is 10.0. The molecule has 5 rings (SSSR count). The number of nitrogens with zero attached hydrogens (tertiary/aromatic N) is 4. The van der Waals surface area contributed by atoms with Crippen molar-refractivity contribution in [3.8, 4) is 11.3 Å². The van der Waals surface area contributed by atoms with Gasteiger partial charge in [-0.2, -0.15) is 4.57 Å². The molecule has 0 saturated heterocycles. The molecule has 1 aromatic carbocycles. The summed E-state index contributed by atoms with van der Waals surface area (Å²) in [4.78, 5) is 4.73. The van der Waals surface area contributed by atoms with Crippen LogP contribution in [0.2, 0.25) is 0 Å². The van der Waals surface area contributed by atoms with Crippen LogP contribution < -0.4 is 4.57 Å². The topological polar surface area (TPSA) is 26.6 Å². The number of pyridine rings is 1. The molecule has 0 amide bonds. The van der Waals surface area contributed by atoms with Gasteiger partial charge in [0.25, 0.3) is 0 Å². The molecule has 1 aliphatic rings. The summed E-state index contributed by atoms with van der Waals surface area (Å²) in [5.74, 6) is 1.07. The highest BCUT2D eigenvalue weighted by molar-refractivity contribution is 6.12. The number of benzene rings is 1. The van der Waals surface area contributed by atoms with Crippen molar-refractivity contribution in [2.24, 2.45) is 7.05 Å². The maximum Gasteiger partial charge on any atom is 0.241 e. The Morgan fingerprint density at radius 3 is 2.78 bits per heavy atom. The monoisotopic (exact) mass is 303 g/mol. The molecule has 0 aliphatic carbocycles. The number of imidazole rings is 1. The summed E-state index contributed by atoms with van der Waals surface area (Å²) in [6.45, 7) is 7.22. The third-order valence-electron chi connectivity index (χ3n) is 5.25. The van der Waals surface area contributed by atoms with Gasteiger partial charge < -0.3 is 4.57 Å². The fourth-order valence-corrected chi connectivity index (χ4v) is 4.25. The Hall–Kier alpha value is -2.62. The fraction of sp³-hybridized carbons (Fsp3) is 0.263. The van der Waals surface area contributed by atoms with Gasteiger partial charge in [0.05, 0.1) is 22.3 Å². The Morgan fingerprint density at radius 2 is 1.96 bits per heavy atom. The molecule has 0 radical (unpaired) electrons. The zero-order chi connectivity index (χ0) is 15.9. The highest BCUT2D eigenvalue weighted by atomic mass is 15.2. The average Bonchev–Trinajstić information content (AvgIpc) is 2.91. The minimum absolute atomic E-state index is 0.812. The predicted molar refractivity (Wildman–Crippen MR) is 91.5 cm³/mol. The normalized spacial score (nSPS) is 13.0. The van der Waals surface area contributed by atoms with Crippen LogP contribution >= 0.6 is 0 Å². The SMILES string of the molecule is Cc1nc(C)n2c1-c1cccc3c1c1c(c(C)cc[n+]1C2)n3C. The van der Waals surface area contributed by atoms with Crippen molar-refractivity contribution in [2.45, 2.75) is 27.4 Å². The van der Waals surface area contributed by atoms with Crippen LogP contribution in [0.3, 0.4) is 0 Å². The highest BCUT2D eigenvalue weighted by Crippen LogP contribution is 2.38. The smallest absolute Gasteiger partial charge is 0.241 e. The first-order valence-electron chi connectivity index (χ1n) is 8.02. The minimum Gasteiger partial charge on any atom is -0.338 e. The molecule has 23 heavy (non-hydrogen) atoms. The Bertz CT molecular complexity index is 1130. The highest BCUT2D eigenvalue weighted by Gasteiger charge is 2.29. The molecule has 3 aromatic heterocycles. The molecule has 0 N–H and O–H groups in total. The lowest BCUT2D eigenvalue weighted by molar-refractivity contribution is -0.675. The van der Waals surface area contributed by atoms with E-state index in [0.717, 1.165) is 18.2 Å². The maximum absolute atomic E-state index is 4.73. The Labute approximate surface area is 134 Å². The van der Waals surface area contributed by atoms with E-state index in [2.05, 4.69) is 72.0 Å². The molecule has 0 spiro atoms. The van der Waals surface area contributed by atoms with Crippen LogP contribution in [0, 0.1) is 20.8 Å². The van der Waals surface area contributed by atoms with Crippen LogP contribution in [0.5, 0.6) is 0 Å². The van der Waals surface area contributed by atoms with Gasteiger partial charge in [0.2, 0.25) is 12.2 Å². The molecule has 0 bridgehead atoms. The van der Waals surface area contributed by atoms with Crippen molar-refractivity contribution in [3.05, 3.63) is 47.5 Å². The van der Waals surface area contributed by atoms with Gasteiger partial charge in [-0.3, -0.25) is 4.57 Å². The van der Waals surface area contributed by atoms with Gasteiger partial charge in [-0.25, -0.2) is 4.98 Å². The van der Waals surface area contributed by atoms with E-state index in [9.17, 15) is 0 Å². The second kappa shape index (κ2) is 4.02. The number of aryl methyl sites for hydroxylation is 4. The van der Waals surface area contributed by atoms with Gasteiger partial charge in [0, 0.05) is 18.7 Å². The van der Waals surface area contributed by atoms with E-state index >= 15 is 0 Å². The summed E-state index contributed by atoms with van der Waals surface area (Å²) in [5.41, 5.74) is 8.91. The number of fused-ring (bicyclic) bond motifs is 2. The second-order valence-corrected chi connectivity index (χ2v) is 6.59. The van der Waals surface area contributed by atoms with Gasteiger partial charge in [0.15, 0.2) is 6.20 Å². The molecule has 1 aliphatic heterocycles. The molecule has 4 heterocycles. The van der Waals surface area contributed by atoms with E-state index in [1.165, 1.54) is 38.8 Å². The van der Waals surface area contributed by atoms with E-state index in [1.807, 2.05) is 0 Å². The van der Waals surface area contributed by atoms with Gasteiger partial charge in [-0.15, -0.1) is 0 Å². The van der Waals surface area contributed by atoms with Crippen LogP contribution in [-0.4, -0.2) is 14.1 Å². The minimum atomic E-state index is 0.812. The van der Waals surface area contributed by atoms with E-state index in [4.69, 9.17) is 4.98 Å². The first-order chi connectivity index (χ1) is 11.1. The zero-order valence-corrected chi connectivity index (χ0v) is 13.9. The Balaban J connectivity index is 2.13. The third kappa shape index (κ3) is 1.41. The van der Waals surface area contributed by atoms with Crippen LogP contribution in [0.4, 0.5) is 0 Å². The molecular formula is C19H19N4+. The molecule has 0 unspecified atom stereocenters. The quantitative estimate of drug-likeness (QED) is 0.403. The second-order valence-electron chi connectivity index (χ2n) is 6.59. The average molecular weight is 303 g/mol. The predicted octanol–water partition coefficient (Wildman–Crippen LogP) is 3.23. The largest absolute Gasteiger partial charge is 0.338 e. The summed E-state index contributed by atoms with van der Waals surface area (Å²) in [7, 11) is 2.17. The molecule has 0 fully saturated rings. The summed E-state index contributed by atoms with van der Waals surface area (Å²) in [6.07, 6.45) is 2.21. The molecule has 4 nitrogen and oxygen atoms in total. The summed E-state index contributed by atoms with van der Waals surface area (Å²) >= 11 is 0. The standard InChI is InChI=1S/C19H19N4/c1-11-8-9-22-10-23-13(3)20-12(2)18(23)14-6-5-7-15-16(14)19(22)17(11)21(15)4/h5-9H,10H2,1-4H3/q+1. The Kier molecular flexibility index (Phi) is 2.25. The van der Waals surface area contributed by atoms with E-state index in [0.29, 0.717) is 0 Å². The fourth-order valence-electron chi connectivity index (χ4n) is 4.25. The Morgan fingerprint density at radius 1 is 1.13 bits per heavy atom. The molecule has 0 saturated carbocycles. The number of hydrogen-bond donors (Lipinski definition) is 0. The van der Waals surface area contributed by atoms with Gasteiger partial charge in [-0.1, -0.05) is 12.1 Å². The third-order valence-corrected chi connectivity index (χ3v) is 5.25. The first kappa shape index (κ1) is 12.9. The van der Waals surface area contributed by atoms with E-state index in [-0.39, 0.29) is 0 Å². The van der Waals surface area contributed by atoms with Crippen molar-refractivity contribution in [3.63, 3.8) is 0 Å². The van der Waals surface area contributed by atoms with Crippen LogP contribution in [-0.2, 0) is 13.7 Å². The maximum atomic E-state index is 4.73. The molecule has 114 valence electrons. The van der Waals surface area contributed by atoms with Crippen molar-refractivity contribution >= 4 is 21.9 Å². The van der Waals surface area contributed by atoms with Crippen molar-refractivity contribution in [1.82, 2.24) is 14.1 Å². The van der Waals surface area contributed by atoms with Crippen molar-refractivity contribution in [2.75, 3.05) is 0 Å². The van der Waals surface area contributed by atoms with Gasteiger partial charge in [-0.05, 0) is 32.4 Å². The molecule has 0 atom stereocenters. The van der Waals surface area contributed by atoms with E-state index < -0.39 is 0 Å². The molecule has 4 heteroatoms. The van der Waals surface area contributed by atoms with Crippen molar-refractivity contribution < 1.29 is 4.57 Å². The first-order valence-corrected chi connectivity index (χ1v) is 8.02.